The molecule has 0 heterocycles. The van der Waals surface area contributed by atoms with E-state index in [1.54, 1.807) is 0 Å². The molecule has 0 aliphatic carbocycles. The number of benzene rings is 6. The highest BCUT2D eigenvalue weighted by Crippen LogP contribution is 2.55. The van der Waals surface area contributed by atoms with Crippen molar-refractivity contribution in [2.45, 2.75) is 164 Å². The minimum Gasteiger partial charge on any atom is -1.00 e. The van der Waals surface area contributed by atoms with E-state index in [9.17, 15) is 0 Å². The molecule has 6 aromatic carbocycles. The summed E-state index contributed by atoms with van der Waals surface area (Å²) < 4.78 is 20.7. The van der Waals surface area contributed by atoms with E-state index in [1.807, 2.05) is 0 Å². The largest absolute Gasteiger partial charge is 1.00 e. The maximum absolute atomic E-state index is 6.90. The van der Waals surface area contributed by atoms with Gasteiger partial charge < -0.3 is 30.6 Å². The minimum absolute atomic E-state index is 0. The summed E-state index contributed by atoms with van der Waals surface area (Å²) in [6.07, 6.45) is 1.14. The van der Waals surface area contributed by atoms with Crippen LogP contribution in [0.2, 0.25) is 0 Å². The second kappa shape index (κ2) is 22.0. The van der Waals surface area contributed by atoms with Gasteiger partial charge in [-0.2, -0.15) is 0 Å². The maximum Gasteiger partial charge on any atom is 0.530 e. The van der Waals surface area contributed by atoms with Crippen molar-refractivity contribution in [3.8, 4) is 17.2 Å². The molecule has 6 aromatic rings. The SMILES string of the molecule is CC(C)(C)c1ccc(OP(Oc2ccc(C(C)(C)C)cc2C(C)(C)C)Oc2ccc(C(C)(C)C)cc2C(C)(C)C)c(C(C)(C)C)c1.CC[P+](c1ccccc1)(c1ccccc1)c1ccccc1.[Br-]. The van der Waals surface area contributed by atoms with Crippen LogP contribution in [-0.4, -0.2) is 6.16 Å². The first-order valence-corrected chi connectivity index (χ1v) is 27.4. The van der Waals surface area contributed by atoms with E-state index in [1.165, 1.54) is 32.6 Å². The lowest BCUT2D eigenvalue weighted by Crippen LogP contribution is -3.00. The number of halogens is 1. The van der Waals surface area contributed by atoms with E-state index < -0.39 is 15.9 Å². The second-order valence-electron chi connectivity index (χ2n) is 24.3. The Kier molecular flexibility index (Phi) is 18.3. The molecule has 6 heteroatoms. The van der Waals surface area contributed by atoms with Crippen LogP contribution >= 0.6 is 15.9 Å². The number of hydrogen-bond acceptors (Lipinski definition) is 3. The minimum atomic E-state index is -1.89. The number of hydrogen-bond donors (Lipinski definition) is 0. The monoisotopic (exact) mass is 1020 g/mol. The Morgan fingerprint density at radius 3 is 0.765 bits per heavy atom. The molecule has 0 aromatic heterocycles. The third-order valence-electron chi connectivity index (χ3n) is 12.5. The molecule has 6 rings (SSSR count). The van der Waals surface area contributed by atoms with Gasteiger partial charge in [-0.1, -0.05) is 216 Å². The van der Waals surface area contributed by atoms with Crippen molar-refractivity contribution < 1.29 is 30.6 Å². The molecule has 0 amide bonds. The molecular formula is C62H83BrO3P2. The molecule has 68 heavy (non-hydrogen) atoms. The van der Waals surface area contributed by atoms with Gasteiger partial charge in [0.15, 0.2) is 0 Å². The van der Waals surface area contributed by atoms with Crippen LogP contribution < -0.4 is 46.5 Å². The van der Waals surface area contributed by atoms with Crippen molar-refractivity contribution in [3.05, 3.63) is 179 Å². The quantitative estimate of drug-likeness (QED) is 0.128. The second-order valence-corrected chi connectivity index (χ2v) is 29.1. The predicted octanol–water partition coefficient (Wildman–Crippen LogP) is 14.2. The Morgan fingerprint density at radius 2 is 0.574 bits per heavy atom. The summed E-state index contributed by atoms with van der Waals surface area (Å²) in [5.41, 5.74) is 6.85. The van der Waals surface area contributed by atoms with Gasteiger partial charge in [-0.3, -0.25) is 0 Å². The van der Waals surface area contributed by atoms with Crippen LogP contribution in [0.25, 0.3) is 0 Å². The van der Waals surface area contributed by atoms with Crippen molar-refractivity contribution >= 4 is 31.8 Å². The third kappa shape index (κ3) is 14.1. The van der Waals surface area contributed by atoms with Gasteiger partial charge >= 0.3 is 8.60 Å². The predicted molar refractivity (Wildman–Crippen MR) is 296 cm³/mol. The zero-order valence-corrected chi connectivity index (χ0v) is 48.4. The fourth-order valence-corrected chi connectivity index (χ4v) is 13.4. The molecule has 0 saturated heterocycles. The van der Waals surface area contributed by atoms with Crippen LogP contribution in [0.1, 0.15) is 165 Å². The van der Waals surface area contributed by atoms with Crippen LogP contribution in [0, 0.1) is 0 Å². The smallest absolute Gasteiger partial charge is 0.530 e. The molecule has 0 fully saturated rings. The summed E-state index contributed by atoms with van der Waals surface area (Å²) >= 11 is 0. The normalized spacial score (nSPS) is 12.7. The maximum atomic E-state index is 6.90. The lowest BCUT2D eigenvalue weighted by atomic mass is 9.80. The van der Waals surface area contributed by atoms with Gasteiger partial charge in [0, 0.05) is 16.7 Å². The Morgan fingerprint density at radius 1 is 0.338 bits per heavy atom. The molecule has 366 valence electrons. The Labute approximate surface area is 426 Å². The molecule has 0 aliphatic heterocycles. The van der Waals surface area contributed by atoms with Crippen LogP contribution in [-0.2, 0) is 32.5 Å². The highest BCUT2D eigenvalue weighted by molar-refractivity contribution is 7.95. The summed E-state index contributed by atoms with van der Waals surface area (Å²) in [7, 11) is -3.43. The highest BCUT2D eigenvalue weighted by atomic mass is 79.9. The Balaban J connectivity index is 0.000000379. The van der Waals surface area contributed by atoms with Crippen LogP contribution in [0.15, 0.2) is 146 Å². The van der Waals surface area contributed by atoms with E-state index in [0.29, 0.717) is 0 Å². The molecule has 3 nitrogen and oxygen atoms in total. The van der Waals surface area contributed by atoms with Crippen molar-refractivity contribution in [3.63, 3.8) is 0 Å². The lowest BCUT2D eigenvalue weighted by Gasteiger charge is -2.31. The van der Waals surface area contributed by atoms with Gasteiger partial charge in [0.2, 0.25) is 0 Å². The van der Waals surface area contributed by atoms with E-state index in [4.69, 9.17) is 13.6 Å². The van der Waals surface area contributed by atoms with E-state index >= 15 is 0 Å². The molecule has 0 bridgehead atoms. The van der Waals surface area contributed by atoms with Crippen LogP contribution in [0.4, 0.5) is 0 Å². The van der Waals surface area contributed by atoms with Gasteiger partial charge in [-0.15, -0.1) is 0 Å². The summed E-state index contributed by atoms with van der Waals surface area (Å²) in [6.45, 7) is 42.7. The van der Waals surface area contributed by atoms with Gasteiger partial charge in [0.1, 0.15) is 40.4 Å². The Hall–Kier alpha value is -3.94. The van der Waals surface area contributed by atoms with Crippen molar-refractivity contribution in [1.29, 1.82) is 0 Å². The van der Waals surface area contributed by atoms with Gasteiger partial charge in [0.25, 0.3) is 0 Å². The summed E-state index contributed by atoms with van der Waals surface area (Å²) in [5, 5.41) is 4.39. The van der Waals surface area contributed by atoms with Crippen molar-refractivity contribution in [1.82, 2.24) is 0 Å². The molecule has 0 unspecified atom stereocenters. The van der Waals surface area contributed by atoms with Crippen LogP contribution in [0.5, 0.6) is 17.2 Å². The molecule has 0 aliphatic rings. The van der Waals surface area contributed by atoms with Gasteiger partial charge in [-0.05, 0) is 111 Å². The van der Waals surface area contributed by atoms with E-state index in [0.717, 1.165) is 40.1 Å². The fraction of sp³-hybridized carbons (Fsp3) is 0.419. The van der Waals surface area contributed by atoms with Gasteiger partial charge in [-0.25, -0.2) is 0 Å². The number of rotatable bonds is 10. The molecule has 0 N–H and O–H groups in total. The zero-order chi connectivity index (χ0) is 49.8. The summed E-state index contributed by atoms with van der Waals surface area (Å²) in [6, 6.07) is 52.7. The topological polar surface area (TPSA) is 27.7 Å². The molecule has 0 saturated carbocycles. The zero-order valence-electron chi connectivity index (χ0n) is 45.1. The molecule has 0 atom stereocenters. The highest BCUT2D eigenvalue weighted by Gasteiger charge is 2.43. The fourth-order valence-electron chi connectivity index (χ4n) is 8.33. The molecule has 0 spiro atoms. The average Bonchev–Trinajstić information content (AvgIpc) is 3.23. The van der Waals surface area contributed by atoms with Crippen molar-refractivity contribution in [2.75, 3.05) is 6.16 Å². The van der Waals surface area contributed by atoms with E-state index in [2.05, 4.69) is 277 Å². The van der Waals surface area contributed by atoms with Crippen molar-refractivity contribution in [2.24, 2.45) is 0 Å². The lowest BCUT2D eigenvalue weighted by molar-refractivity contribution is -0.0000189. The average molecular weight is 1020 g/mol. The van der Waals surface area contributed by atoms with E-state index in [-0.39, 0.29) is 49.5 Å². The molecular weight excluding hydrogens is 935 g/mol. The first kappa shape index (κ1) is 56.6. The van der Waals surface area contributed by atoms with Crippen LogP contribution in [0.3, 0.4) is 0 Å². The van der Waals surface area contributed by atoms with Gasteiger partial charge in [0.05, 0.1) is 6.16 Å². The Bertz CT molecular complexity index is 2250. The summed E-state index contributed by atoms with van der Waals surface area (Å²) in [5.74, 6) is 2.37. The third-order valence-corrected chi connectivity index (χ3v) is 18.1. The molecule has 0 radical (unpaired) electrons. The first-order valence-electron chi connectivity index (χ1n) is 24.3. The standard InChI is InChI=1S/C42H63O3P.C20H20P.BrH/c1-37(2,3)28-19-22-34(31(25-28)40(10,11)12)43-46(44-35-23-20-29(38(4,5)6)26-32(35)41(13,14)15)45-36-24-21-30(39(7,8)9)27-33(36)42(16,17)18;1-2-21(18-12-6-3-7-13-18,19-14-8-4-9-15-19)20-16-10-5-11-17-20;/h19-27H,1-18H3;3-17H,2H2,1H3;1H/q;+1;/p-1. The summed E-state index contributed by atoms with van der Waals surface area (Å²) in [4.78, 5) is 0. The first-order chi connectivity index (χ1) is 31.0.